The summed E-state index contributed by atoms with van der Waals surface area (Å²) in [6, 6.07) is 15.7. The van der Waals surface area contributed by atoms with Gasteiger partial charge in [-0.05, 0) is 22.3 Å². The molecule has 1 amide bonds. The van der Waals surface area contributed by atoms with Crippen LogP contribution in [0.3, 0.4) is 0 Å². The quantitative estimate of drug-likeness (QED) is 0.944. The van der Waals surface area contributed by atoms with Crippen LogP contribution in [0.1, 0.15) is 42.2 Å². The van der Waals surface area contributed by atoms with Crippen molar-refractivity contribution in [1.82, 2.24) is 4.90 Å². The maximum atomic E-state index is 12.1. The first kappa shape index (κ1) is 14.8. The van der Waals surface area contributed by atoms with Gasteiger partial charge in [-0.3, -0.25) is 4.79 Å². The highest BCUT2D eigenvalue weighted by atomic mass is 16.3. The molecule has 1 aliphatic rings. The molecule has 2 aromatic rings. The Balaban J connectivity index is 1.82. The lowest BCUT2D eigenvalue weighted by atomic mass is 9.98. The zero-order valence-corrected chi connectivity index (χ0v) is 13.0. The number of hydrogen-bond acceptors (Lipinski definition) is 2. The molecule has 0 saturated heterocycles. The van der Waals surface area contributed by atoms with Gasteiger partial charge in [-0.25, -0.2) is 0 Å². The molecule has 0 aromatic heterocycles. The summed E-state index contributed by atoms with van der Waals surface area (Å²) in [5.41, 5.74) is 4.08. The van der Waals surface area contributed by atoms with E-state index in [9.17, 15) is 9.90 Å². The number of carbonyl (C=O) groups excluding carboxylic acids is 1. The summed E-state index contributed by atoms with van der Waals surface area (Å²) in [6.07, 6.45) is -0.624. The van der Waals surface area contributed by atoms with Crippen molar-refractivity contribution < 1.29 is 9.90 Å². The summed E-state index contributed by atoms with van der Waals surface area (Å²) in [5.74, 6) is 0.199. The second-order valence-electron chi connectivity index (χ2n) is 6.19. The highest BCUT2D eigenvalue weighted by molar-refractivity contribution is 5.78. The van der Waals surface area contributed by atoms with Crippen molar-refractivity contribution in [2.24, 2.45) is 5.92 Å². The number of amides is 1. The molecule has 0 spiro atoms. The third-order valence-electron chi connectivity index (χ3n) is 4.19. The second kappa shape index (κ2) is 5.93. The van der Waals surface area contributed by atoms with Crippen LogP contribution in [0, 0.1) is 5.92 Å². The van der Waals surface area contributed by atoms with Crippen LogP contribution in [-0.2, 0) is 17.9 Å². The number of fused-ring (bicyclic) bond motifs is 1. The van der Waals surface area contributed by atoms with Crippen molar-refractivity contribution in [1.29, 1.82) is 0 Å². The van der Waals surface area contributed by atoms with Crippen LogP contribution in [0.5, 0.6) is 0 Å². The molecule has 22 heavy (non-hydrogen) atoms. The molecule has 0 aliphatic carbocycles. The van der Waals surface area contributed by atoms with E-state index in [1.165, 1.54) is 5.56 Å². The largest absolute Gasteiger partial charge is 0.384 e. The molecule has 1 heterocycles. The normalized spacial score (nSPS) is 15.0. The van der Waals surface area contributed by atoms with Crippen molar-refractivity contribution in [3.05, 3.63) is 70.8 Å². The van der Waals surface area contributed by atoms with E-state index in [0.29, 0.717) is 13.1 Å². The highest BCUT2D eigenvalue weighted by Gasteiger charge is 2.25. The van der Waals surface area contributed by atoms with Gasteiger partial charge in [0.1, 0.15) is 6.10 Å². The maximum Gasteiger partial charge on any atom is 0.225 e. The van der Waals surface area contributed by atoms with Crippen LogP contribution < -0.4 is 0 Å². The smallest absolute Gasteiger partial charge is 0.225 e. The maximum absolute atomic E-state index is 12.1. The summed E-state index contributed by atoms with van der Waals surface area (Å²) in [6.45, 7) is 5.17. The Bertz CT molecular complexity index is 679. The van der Waals surface area contributed by atoms with Gasteiger partial charge in [0.25, 0.3) is 0 Å². The van der Waals surface area contributed by atoms with Gasteiger partial charge >= 0.3 is 0 Å². The van der Waals surface area contributed by atoms with Gasteiger partial charge in [-0.1, -0.05) is 62.4 Å². The fourth-order valence-electron chi connectivity index (χ4n) is 2.93. The number of nitrogens with zero attached hydrogens (tertiary/aromatic N) is 1. The number of aliphatic hydroxyl groups is 1. The van der Waals surface area contributed by atoms with Gasteiger partial charge in [-0.2, -0.15) is 0 Å². The van der Waals surface area contributed by atoms with Crippen LogP contribution in [0.2, 0.25) is 0 Å². The molecular formula is C19H21NO2. The molecule has 1 atom stereocenters. The number of benzene rings is 2. The Labute approximate surface area is 131 Å². The Morgan fingerprint density at radius 3 is 2.36 bits per heavy atom. The second-order valence-corrected chi connectivity index (χ2v) is 6.19. The average molecular weight is 295 g/mol. The Morgan fingerprint density at radius 2 is 1.68 bits per heavy atom. The number of rotatable bonds is 3. The van der Waals surface area contributed by atoms with Crippen LogP contribution in [0.4, 0.5) is 0 Å². The summed E-state index contributed by atoms with van der Waals surface area (Å²) in [5, 5.41) is 10.5. The van der Waals surface area contributed by atoms with Crippen LogP contribution >= 0.6 is 0 Å². The molecule has 1 aliphatic heterocycles. The summed E-state index contributed by atoms with van der Waals surface area (Å²) in [4.78, 5) is 14.0. The summed E-state index contributed by atoms with van der Waals surface area (Å²) < 4.78 is 0. The molecule has 114 valence electrons. The van der Waals surface area contributed by atoms with Gasteiger partial charge in [0.05, 0.1) is 0 Å². The molecule has 0 saturated carbocycles. The Hall–Kier alpha value is -2.13. The standard InChI is InChI=1S/C19H21NO2/c1-13(2)19(22)20-11-16-9-8-15(10-17(16)12-20)18(21)14-6-4-3-5-7-14/h3-10,13,18,21H,11-12H2,1-2H3. The van der Waals surface area contributed by atoms with E-state index in [2.05, 4.69) is 0 Å². The van der Waals surface area contributed by atoms with Crippen molar-refractivity contribution in [2.45, 2.75) is 33.0 Å². The third-order valence-corrected chi connectivity index (χ3v) is 4.19. The SMILES string of the molecule is CC(C)C(=O)N1Cc2ccc(C(O)c3ccccc3)cc2C1. The van der Waals surface area contributed by atoms with E-state index < -0.39 is 6.10 Å². The molecule has 3 rings (SSSR count). The predicted molar refractivity (Wildman–Crippen MR) is 86.0 cm³/mol. The molecule has 1 unspecified atom stereocenters. The van der Waals surface area contributed by atoms with Gasteiger partial charge < -0.3 is 10.0 Å². The van der Waals surface area contributed by atoms with Crippen LogP contribution in [0.15, 0.2) is 48.5 Å². The summed E-state index contributed by atoms with van der Waals surface area (Å²) >= 11 is 0. The minimum Gasteiger partial charge on any atom is -0.384 e. The van der Waals surface area contributed by atoms with Gasteiger partial charge in [0, 0.05) is 19.0 Å². The third kappa shape index (κ3) is 2.77. The fourth-order valence-corrected chi connectivity index (χ4v) is 2.93. The van der Waals surface area contributed by atoms with Crippen molar-refractivity contribution in [2.75, 3.05) is 0 Å². The lowest BCUT2D eigenvalue weighted by Gasteiger charge is -2.17. The Morgan fingerprint density at radius 1 is 1.00 bits per heavy atom. The zero-order valence-electron chi connectivity index (χ0n) is 13.0. The average Bonchev–Trinajstić information content (AvgIpc) is 2.97. The number of carbonyl (C=O) groups is 1. The van der Waals surface area contributed by atoms with Crippen molar-refractivity contribution in [3.8, 4) is 0 Å². The minimum absolute atomic E-state index is 0.0173. The van der Waals surface area contributed by atoms with E-state index in [4.69, 9.17) is 0 Å². The number of hydrogen-bond donors (Lipinski definition) is 1. The van der Waals surface area contributed by atoms with Gasteiger partial charge in [0.15, 0.2) is 0 Å². The first-order chi connectivity index (χ1) is 10.6. The topological polar surface area (TPSA) is 40.5 Å². The zero-order chi connectivity index (χ0) is 15.7. The minimum atomic E-state index is -0.624. The van der Waals surface area contributed by atoms with Crippen LogP contribution in [-0.4, -0.2) is 15.9 Å². The molecule has 0 bridgehead atoms. The summed E-state index contributed by atoms with van der Waals surface area (Å²) in [7, 11) is 0. The highest BCUT2D eigenvalue weighted by Crippen LogP contribution is 2.29. The lowest BCUT2D eigenvalue weighted by molar-refractivity contribution is -0.135. The molecule has 3 heteroatoms. The van der Waals surface area contributed by atoms with Crippen molar-refractivity contribution >= 4 is 5.91 Å². The van der Waals surface area contributed by atoms with Crippen LogP contribution in [0.25, 0.3) is 0 Å². The molecule has 1 N–H and O–H groups in total. The molecule has 0 radical (unpaired) electrons. The van der Waals surface area contributed by atoms with Gasteiger partial charge in [-0.15, -0.1) is 0 Å². The fraction of sp³-hybridized carbons (Fsp3) is 0.316. The predicted octanol–water partition coefficient (Wildman–Crippen LogP) is 3.27. The number of aliphatic hydroxyl groups excluding tert-OH is 1. The van der Waals surface area contributed by atoms with E-state index >= 15 is 0 Å². The van der Waals surface area contributed by atoms with Crippen molar-refractivity contribution in [3.63, 3.8) is 0 Å². The molecule has 2 aromatic carbocycles. The first-order valence-corrected chi connectivity index (χ1v) is 7.69. The van der Waals surface area contributed by atoms with E-state index in [1.807, 2.05) is 67.3 Å². The molecule has 0 fully saturated rings. The molecule has 3 nitrogen and oxygen atoms in total. The van der Waals surface area contributed by atoms with E-state index in [1.54, 1.807) is 0 Å². The van der Waals surface area contributed by atoms with E-state index in [0.717, 1.165) is 16.7 Å². The first-order valence-electron chi connectivity index (χ1n) is 7.69. The monoisotopic (exact) mass is 295 g/mol. The van der Waals surface area contributed by atoms with E-state index in [-0.39, 0.29) is 11.8 Å². The van der Waals surface area contributed by atoms with Gasteiger partial charge in [0.2, 0.25) is 5.91 Å². The Kier molecular flexibility index (Phi) is 3.99. The molecular weight excluding hydrogens is 274 g/mol. The lowest BCUT2D eigenvalue weighted by Crippen LogP contribution is -2.29.